The normalized spacial score (nSPS) is 10.3. The van der Waals surface area contributed by atoms with E-state index in [0.29, 0.717) is 18.2 Å². The largest absolute Gasteiger partial charge is 0.348 e. The van der Waals surface area contributed by atoms with Gasteiger partial charge in [0.25, 0.3) is 0 Å². The first kappa shape index (κ1) is 14.2. The lowest BCUT2D eigenvalue weighted by atomic mass is 10.1. The van der Waals surface area contributed by atoms with Crippen LogP contribution in [0, 0.1) is 19.8 Å². The summed E-state index contributed by atoms with van der Waals surface area (Å²) in [4.78, 5) is 23.1. The number of amides is 2. The van der Waals surface area contributed by atoms with E-state index in [1.807, 2.05) is 45.9 Å². The molecule has 0 radical (unpaired) electrons. The van der Waals surface area contributed by atoms with Gasteiger partial charge in [-0.3, -0.25) is 9.59 Å². The van der Waals surface area contributed by atoms with Crippen LogP contribution in [0.4, 0.5) is 5.69 Å². The predicted molar refractivity (Wildman–Crippen MR) is 72.4 cm³/mol. The molecule has 0 aliphatic rings. The van der Waals surface area contributed by atoms with Crippen molar-refractivity contribution in [2.75, 3.05) is 11.9 Å². The van der Waals surface area contributed by atoms with Gasteiger partial charge < -0.3 is 10.6 Å². The minimum atomic E-state index is -0.624. The van der Waals surface area contributed by atoms with Crippen LogP contribution in [0.25, 0.3) is 0 Å². The Morgan fingerprint density at radius 2 is 1.61 bits per heavy atom. The minimum Gasteiger partial charge on any atom is -0.348 e. The Bertz CT molecular complexity index is 433. The van der Waals surface area contributed by atoms with E-state index in [1.165, 1.54) is 0 Å². The Hall–Kier alpha value is -1.84. The lowest BCUT2D eigenvalue weighted by molar-refractivity contribution is -0.136. The van der Waals surface area contributed by atoms with Crippen molar-refractivity contribution in [3.05, 3.63) is 29.3 Å². The van der Waals surface area contributed by atoms with Crippen LogP contribution in [-0.4, -0.2) is 18.4 Å². The first-order valence-electron chi connectivity index (χ1n) is 6.06. The average Bonchev–Trinajstić information content (AvgIpc) is 2.24. The quantitative estimate of drug-likeness (QED) is 0.804. The molecule has 0 aliphatic carbocycles. The van der Waals surface area contributed by atoms with Gasteiger partial charge in [0.1, 0.15) is 0 Å². The van der Waals surface area contributed by atoms with Gasteiger partial charge in [-0.25, -0.2) is 0 Å². The molecule has 0 fully saturated rings. The highest BCUT2D eigenvalue weighted by molar-refractivity contribution is 6.39. The van der Waals surface area contributed by atoms with E-state index in [0.717, 1.165) is 11.1 Å². The van der Waals surface area contributed by atoms with Gasteiger partial charge in [-0.2, -0.15) is 0 Å². The van der Waals surface area contributed by atoms with Crippen molar-refractivity contribution < 1.29 is 9.59 Å². The Morgan fingerprint density at radius 3 is 2.11 bits per heavy atom. The van der Waals surface area contributed by atoms with E-state index < -0.39 is 11.8 Å². The van der Waals surface area contributed by atoms with Crippen LogP contribution in [0.1, 0.15) is 25.0 Å². The second-order valence-corrected chi connectivity index (χ2v) is 4.93. The second-order valence-electron chi connectivity index (χ2n) is 4.93. The summed E-state index contributed by atoms with van der Waals surface area (Å²) in [5.74, 6) is -0.897. The molecular formula is C14H20N2O2. The molecule has 2 N–H and O–H groups in total. The Morgan fingerprint density at radius 1 is 1.06 bits per heavy atom. The Labute approximate surface area is 108 Å². The summed E-state index contributed by atoms with van der Waals surface area (Å²) in [5.41, 5.74) is 2.75. The van der Waals surface area contributed by atoms with E-state index in [1.54, 1.807) is 0 Å². The lowest BCUT2D eigenvalue weighted by Crippen LogP contribution is -2.37. The van der Waals surface area contributed by atoms with Crippen LogP contribution in [0.15, 0.2) is 18.2 Å². The summed E-state index contributed by atoms with van der Waals surface area (Å²) in [6.07, 6.45) is 0. The highest BCUT2D eigenvalue weighted by Gasteiger charge is 2.13. The van der Waals surface area contributed by atoms with Crippen molar-refractivity contribution in [1.29, 1.82) is 0 Å². The zero-order valence-electron chi connectivity index (χ0n) is 11.3. The number of carbonyl (C=O) groups excluding carboxylic acids is 2. The maximum absolute atomic E-state index is 11.6. The predicted octanol–water partition coefficient (Wildman–Crippen LogP) is 2.01. The number of anilines is 1. The molecule has 18 heavy (non-hydrogen) atoms. The van der Waals surface area contributed by atoms with Gasteiger partial charge in [0, 0.05) is 12.2 Å². The molecule has 1 aromatic carbocycles. The fraction of sp³-hybridized carbons (Fsp3) is 0.429. The summed E-state index contributed by atoms with van der Waals surface area (Å²) >= 11 is 0. The lowest BCUT2D eigenvalue weighted by Gasteiger charge is -2.09. The molecule has 0 aromatic heterocycles. The van der Waals surface area contributed by atoms with Crippen molar-refractivity contribution in [1.82, 2.24) is 5.32 Å². The first-order chi connectivity index (χ1) is 8.38. The topological polar surface area (TPSA) is 58.2 Å². The van der Waals surface area contributed by atoms with Crippen molar-refractivity contribution in [3.8, 4) is 0 Å². The second kappa shape index (κ2) is 6.19. The smallest absolute Gasteiger partial charge is 0.313 e. The van der Waals surface area contributed by atoms with Crippen LogP contribution in [0.5, 0.6) is 0 Å². The van der Waals surface area contributed by atoms with Crippen LogP contribution >= 0.6 is 0 Å². The zero-order chi connectivity index (χ0) is 13.7. The van der Waals surface area contributed by atoms with Crippen molar-refractivity contribution in [2.24, 2.45) is 5.92 Å². The molecule has 0 atom stereocenters. The molecule has 4 heteroatoms. The number of hydrogen-bond donors (Lipinski definition) is 2. The molecule has 0 saturated carbocycles. The third kappa shape index (κ3) is 4.57. The van der Waals surface area contributed by atoms with Crippen LogP contribution in [-0.2, 0) is 9.59 Å². The summed E-state index contributed by atoms with van der Waals surface area (Å²) in [7, 11) is 0. The van der Waals surface area contributed by atoms with E-state index in [4.69, 9.17) is 0 Å². The van der Waals surface area contributed by atoms with E-state index in [-0.39, 0.29) is 0 Å². The number of aryl methyl sites for hydroxylation is 2. The van der Waals surface area contributed by atoms with Crippen LogP contribution in [0.2, 0.25) is 0 Å². The van der Waals surface area contributed by atoms with Gasteiger partial charge in [-0.15, -0.1) is 0 Å². The molecule has 0 saturated heterocycles. The molecule has 4 nitrogen and oxygen atoms in total. The van der Waals surface area contributed by atoms with Crippen LogP contribution in [0.3, 0.4) is 0 Å². The summed E-state index contributed by atoms with van der Waals surface area (Å²) in [5, 5.41) is 5.18. The van der Waals surface area contributed by atoms with E-state index in [2.05, 4.69) is 10.6 Å². The Balaban J connectivity index is 2.61. The van der Waals surface area contributed by atoms with Gasteiger partial charge in [-0.1, -0.05) is 19.9 Å². The third-order valence-corrected chi connectivity index (χ3v) is 2.36. The first-order valence-corrected chi connectivity index (χ1v) is 6.06. The molecule has 0 unspecified atom stereocenters. The minimum absolute atomic E-state index is 0.322. The molecule has 0 spiro atoms. The molecule has 0 bridgehead atoms. The summed E-state index contributed by atoms with van der Waals surface area (Å²) < 4.78 is 0. The molecule has 1 aromatic rings. The summed E-state index contributed by atoms with van der Waals surface area (Å²) in [6.45, 7) is 8.34. The fourth-order valence-corrected chi connectivity index (χ4v) is 1.61. The zero-order valence-corrected chi connectivity index (χ0v) is 11.3. The maximum atomic E-state index is 11.6. The number of hydrogen-bond acceptors (Lipinski definition) is 2. The SMILES string of the molecule is Cc1cc(C)cc(NC(=O)C(=O)NCC(C)C)c1. The van der Waals surface area contributed by atoms with Gasteiger partial charge in [-0.05, 0) is 43.0 Å². The highest BCUT2D eigenvalue weighted by Crippen LogP contribution is 2.13. The number of carbonyl (C=O) groups is 2. The van der Waals surface area contributed by atoms with Gasteiger partial charge in [0.05, 0.1) is 0 Å². The van der Waals surface area contributed by atoms with Crippen molar-refractivity contribution in [2.45, 2.75) is 27.7 Å². The molecular weight excluding hydrogens is 228 g/mol. The molecule has 98 valence electrons. The van der Waals surface area contributed by atoms with Crippen LogP contribution < -0.4 is 10.6 Å². The van der Waals surface area contributed by atoms with E-state index >= 15 is 0 Å². The number of rotatable bonds is 3. The van der Waals surface area contributed by atoms with Crippen molar-refractivity contribution in [3.63, 3.8) is 0 Å². The molecule has 0 heterocycles. The van der Waals surface area contributed by atoms with E-state index in [9.17, 15) is 9.59 Å². The molecule has 2 amide bonds. The monoisotopic (exact) mass is 248 g/mol. The fourth-order valence-electron chi connectivity index (χ4n) is 1.61. The third-order valence-electron chi connectivity index (χ3n) is 2.36. The maximum Gasteiger partial charge on any atom is 0.313 e. The van der Waals surface area contributed by atoms with Gasteiger partial charge in [0.15, 0.2) is 0 Å². The number of nitrogens with one attached hydrogen (secondary N) is 2. The number of benzene rings is 1. The molecule has 1 rings (SSSR count). The highest BCUT2D eigenvalue weighted by atomic mass is 16.2. The molecule has 0 aliphatic heterocycles. The van der Waals surface area contributed by atoms with Gasteiger partial charge in [0.2, 0.25) is 0 Å². The van der Waals surface area contributed by atoms with Gasteiger partial charge >= 0.3 is 11.8 Å². The Kier molecular flexibility index (Phi) is 4.89. The average molecular weight is 248 g/mol. The van der Waals surface area contributed by atoms with Crippen molar-refractivity contribution >= 4 is 17.5 Å². The standard InChI is InChI=1S/C14H20N2O2/c1-9(2)8-15-13(17)14(18)16-12-6-10(3)5-11(4)7-12/h5-7,9H,8H2,1-4H3,(H,15,17)(H,16,18). The summed E-state index contributed by atoms with van der Waals surface area (Å²) in [6, 6.07) is 5.68.